The third-order valence-corrected chi connectivity index (χ3v) is 9.94. The highest BCUT2D eigenvalue weighted by molar-refractivity contribution is 9.10. The number of carbonyl (C=O) groups is 4. The molecule has 5 aromatic rings. The molecule has 2 aliphatic heterocycles. The lowest BCUT2D eigenvalue weighted by Gasteiger charge is -2.35. The van der Waals surface area contributed by atoms with Gasteiger partial charge in [-0.05, 0) is 64.8 Å². The van der Waals surface area contributed by atoms with Crippen LogP contribution in [0.25, 0.3) is 34.1 Å². The number of H-pyrrole nitrogens is 1. The molecule has 2 aromatic heterocycles. The number of ether oxygens (including phenoxy) is 1. The molecular formula is C38H36BrN9O5. The number of amides is 3. The average Bonchev–Trinajstić information content (AvgIpc) is 3.84. The number of rotatable bonds is 9. The van der Waals surface area contributed by atoms with E-state index in [0.29, 0.717) is 66.5 Å². The summed E-state index contributed by atoms with van der Waals surface area (Å²) in [5.41, 5.74) is 5.36. The minimum atomic E-state index is -1.03. The summed E-state index contributed by atoms with van der Waals surface area (Å²) in [7, 11) is 0. The van der Waals surface area contributed by atoms with Crippen molar-refractivity contribution in [3.63, 3.8) is 0 Å². The molecule has 1 fully saturated rings. The zero-order valence-corrected chi connectivity index (χ0v) is 30.5. The molecule has 0 radical (unpaired) electrons. The average molecular weight is 779 g/mol. The minimum Gasteiger partial charge on any atom is -0.453 e. The van der Waals surface area contributed by atoms with Gasteiger partial charge in [0.15, 0.2) is 6.10 Å². The van der Waals surface area contributed by atoms with E-state index in [4.69, 9.17) is 4.74 Å². The standard InChI is InChI=1S/C38H36BrN9O5/c1-24(53-33(50)15-14-32(49)48-19-18-42-38(48)43-30-12-13-31-35(34(30)39)41-17-16-40-31)36(51)46-20-22-47(23-21-46)37(52)26-9-6-25(7-10-26)8-11-29-27-4-2-3-5-28(27)44-45-29/h2-13,16-17,24H,14-15,18-23H2,1H3,(H,42,43)(H,44,45)/b11-8+. The van der Waals surface area contributed by atoms with Gasteiger partial charge in [0.25, 0.3) is 11.8 Å². The third kappa shape index (κ3) is 7.94. The molecule has 3 amide bonds. The second-order valence-electron chi connectivity index (χ2n) is 12.6. The number of aliphatic imine (C=N–C) groups is 1. The maximum absolute atomic E-state index is 13.2. The van der Waals surface area contributed by atoms with Gasteiger partial charge in [0.1, 0.15) is 5.52 Å². The van der Waals surface area contributed by atoms with E-state index in [-0.39, 0.29) is 30.6 Å². The quantitative estimate of drug-likeness (QED) is 0.201. The number of guanidine groups is 1. The number of fused-ring (bicyclic) bond motifs is 2. The topological polar surface area (TPSA) is 166 Å². The van der Waals surface area contributed by atoms with E-state index in [1.807, 2.05) is 60.7 Å². The molecule has 0 aliphatic carbocycles. The second kappa shape index (κ2) is 15.7. The van der Waals surface area contributed by atoms with Crippen molar-refractivity contribution in [1.82, 2.24) is 34.9 Å². The van der Waals surface area contributed by atoms with Gasteiger partial charge in [-0.2, -0.15) is 5.10 Å². The molecule has 53 heavy (non-hydrogen) atoms. The molecule has 0 saturated carbocycles. The Morgan fingerprint density at radius 1 is 0.906 bits per heavy atom. The fraction of sp³-hybridized carbons (Fsp3) is 0.263. The summed E-state index contributed by atoms with van der Waals surface area (Å²) in [4.78, 5) is 70.0. The molecule has 0 bridgehead atoms. The fourth-order valence-electron chi connectivity index (χ4n) is 6.26. The Morgan fingerprint density at radius 2 is 1.66 bits per heavy atom. The predicted octanol–water partition coefficient (Wildman–Crippen LogP) is 4.75. The molecule has 7 rings (SSSR count). The summed E-state index contributed by atoms with van der Waals surface area (Å²) in [5.74, 6) is -1.03. The van der Waals surface area contributed by atoms with E-state index in [1.54, 1.807) is 34.3 Å². The molecule has 14 nitrogen and oxygen atoms in total. The van der Waals surface area contributed by atoms with Gasteiger partial charge in [0.2, 0.25) is 11.9 Å². The zero-order chi connectivity index (χ0) is 36.9. The largest absolute Gasteiger partial charge is 0.453 e. The SMILES string of the molecule is CC(OC(=O)CCC(=O)N1CCN=C1Nc1ccc2nccnc2c1Br)C(=O)N1CCN(C(=O)c2ccc(/C=C/c3n[nH]c4ccccc34)cc2)CC1. The molecule has 2 N–H and O–H groups in total. The van der Waals surface area contributed by atoms with Gasteiger partial charge >= 0.3 is 5.97 Å². The van der Waals surface area contributed by atoms with Crippen molar-refractivity contribution < 1.29 is 23.9 Å². The van der Waals surface area contributed by atoms with Gasteiger partial charge in [-0.15, -0.1) is 0 Å². The van der Waals surface area contributed by atoms with Gasteiger partial charge in [-0.25, -0.2) is 0 Å². The van der Waals surface area contributed by atoms with Crippen LogP contribution < -0.4 is 5.32 Å². The van der Waals surface area contributed by atoms with Crippen molar-refractivity contribution >= 4 is 85.4 Å². The summed E-state index contributed by atoms with van der Waals surface area (Å²) in [5, 5.41) is 11.6. The molecule has 1 atom stereocenters. The minimum absolute atomic E-state index is 0.107. The number of carbonyl (C=O) groups excluding carboxylic acids is 4. The first-order chi connectivity index (χ1) is 25.7. The van der Waals surface area contributed by atoms with E-state index >= 15 is 0 Å². The maximum atomic E-state index is 13.2. The van der Waals surface area contributed by atoms with Crippen molar-refractivity contribution in [3.8, 4) is 0 Å². The van der Waals surface area contributed by atoms with E-state index < -0.39 is 12.1 Å². The van der Waals surface area contributed by atoms with Crippen molar-refractivity contribution in [1.29, 1.82) is 0 Å². The van der Waals surface area contributed by atoms with Crippen LogP contribution in [0.2, 0.25) is 0 Å². The Balaban J connectivity index is 0.845. The van der Waals surface area contributed by atoms with Gasteiger partial charge < -0.3 is 19.9 Å². The lowest BCUT2D eigenvalue weighted by molar-refractivity contribution is -0.160. The zero-order valence-electron chi connectivity index (χ0n) is 28.9. The highest BCUT2D eigenvalue weighted by Crippen LogP contribution is 2.29. The lowest BCUT2D eigenvalue weighted by Crippen LogP contribution is -2.53. The number of aromatic amines is 1. The van der Waals surface area contributed by atoms with Crippen LogP contribution >= 0.6 is 15.9 Å². The maximum Gasteiger partial charge on any atom is 0.307 e. The highest BCUT2D eigenvalue weighted by Gasteiger charge is 2.30. The van der Waals surface area contributed by atoms with Crippen LogP contribution in [-0.4, -0.2) is 110 Å². The smallest absolute Gasteiger partial charge is 0.307 e. The molecule has 2 aliphatic rings. The third-order valence-electron chi connectivity index (χ3n) is 9.14. The van der Waals surface area contributed by atoms with Gasteiger partial charge in [-0.1, -0.05) is 36.4 Å². The van der Waals surface area contributed by atoms with Crippen molar-refractivity contribution in [2.24, 2.45) is 4.99 Å². The summed E-state index contributed by atoms with van der Waals surface area (Å²) in [6, 6.07) is 18.9. The molecule has 3 aromatic carbocycles. The molecule has 15 heteroatoms. The molecule has 0 spiro atoms. The van der Waals surface area contributed by atoms with E-state index in [0.717, 1.165) is 27.7 Å². The number of hydrogen-bond acceptors (Lipinski definition) is 10. The summed E-state index contributed by atoms with van der Waals surface area (Å²) >= 11 is 3.56. The highest BCUT2D eigenvalue weighted by atomic mass is 79.9. The van der Waals surface area contributed by atoms with Crippen LogP contribution in [0.5, 0.6) is 0 Å². The molecule has 4 heterocycles. The van der Waals surface area contributed by atoms with Crippen LogP contribution in [0, 0.1) is 0 Å². The number of nitrogens with zero attached hydrogens (tertiary/aromatic N) is 7. The van der Waals surface area contributed by atoms with Crippen LogP contribution in [0.1, 0.15) is 41.4 Å². The first kappa shape index (κ1) is 35.4. The van der Waals surface area contributed by atoms with Crippen molar-refractivity contribution in [2.45, 2.75) is 25.9 Å². The van der Waals surface area contributed by atoms with Gasteiger partial charge in [0, 0.05) is 62.5 Å². The summed E-state index contributed by atoms with van der Waals surface area (Å²) < 4.78 is 6.11. The summed E-state index contributed by atoms with van der Waals surface area (Å²) in [6.07, 6.45) is 5.78. The Labute approximate surface area is 313 Å². The normalized spacial score (nSPS) is 15.2. The monoisotopic (exact) mass is 777 g/mol. The van der Waals surface area contributed by atoms with Crippen LogP contribution in [0.15, 0.2) is 82.5 Å². The summed E-state index contributed by atoms with van der Waals surface area (Å²) in [6.45, 7) is 3.64. The molecule has 1 saturated heterocycles. The van der Waals surface area contributed by atoms with Crippen LogP contribution in [0.4, 0.5) is 5.69 Å². The number of hydrogen-bond donors (Lipinski definition) is 2. The predicted molar refractivity (Wildman–Crippen MR) is 204 cm³/mol. The first-order valence-electron chi connectivity index (χ1n) is 17.2. The van der Waals surface area contributed by atoms with Gasteiger partial charge in [-0.3, -0.25) is 44.1 Å². The van der Waals surface area contributed by atoms with E-state index in [2.05, 4.69) is 46.4 Å². The van der Waals surface area contributed by atoms with E-state index in [9.17, 15) is 19.2 Å². The second-order valence-corrected chi connectivity index (χ2v) is 13.4. The number of nitrogens with one attached hydrogen (secondary N) is 2. The number of halogens is 1. The number of piperazine rings is 1. The number of aromatic nitrogens is 4. The number of benzene rings is 3. The van der Waals surface area contributed by atoms with E-state index in [1.165, 1.54) is 11.8 Å². The van der Waals surface area contributed by atoms with Crippen molar-refractivity contribution in [3.05, 3.63) is 94.4 Å². The van der Waals surface area contributed by atoms with Crippen LogP contribution in [0.3, 0.4) is 0 Å². The van der Waals surface area contributed by atoms with Gasteiger partial charge in [0.05, 0.1) is 39.9 Å². The lowest BCUT2D eigenvalue weighted by atomic mass is 10.1. The Bertz CT molecular complexity index is 2250. The number of anilines is 1. The number of esters is 1. The molecule has 270 valence electrons. The Hall–Kier alpha value is -5.96. The molecular weight excluding hydrogens is 742 g/mol. The van der Waals surface area contributed by atoms with Crippen LogP contribution in [-0.2, 0) is 19.1 Å². The Morgan fingerprint density at radius 3 is 2.47 bits per heavy atom. The fourth-order valence-corrected chi connectivity index (χ4v) is 6.80. The van der Waals surface area contributed by atoms with Crippen molar-refractivity contribution in [2.75, 3.05) is 44.6 Å². The number of para-hydroxylation sites is 1. The molecule has 1 unspecified atom stereocenters. The Kier molecular flexibility index (Phi) is 10.5. The first-order valence-corrected chi connectivity index (χ1v) is 18.0.